The van der Waals surface area contributed by atoms with Crippen LogP contribution < -0.4 is 9.47 Å². The molecule has 22 heavy (non-hydrogen) atoms. The molecule has 1 heterocycles. The summed E-state index contributed by atoms with van der Waals surface area (Å²) in [6, 6.07) is 5.23. The lowest BCUT2D eigenvalue weighted by atomic mass is 10.1. The van der Waals surface area contributed by atoms with Gasteiger partial charge in [0.15, 0.2) is 11.5 Å². The van der Waals surface area contributed by atoms with Gasteiger partial charge in [0.2, 0.25) is 0 Å². The van der Waals surface area contributed by atoms with Gasteiger partial charge in [-0.05, 0) is 19.1 Å². The lowest BCUT2D eigenvalue weighted by molar-refractivity contribution is 0.280. The predicted molar refractivity (Wildman–Crippen MR) is 83.4 cm³/mol. The molecule has 0 aliphatic rings. The molecule has 1 aromatic carbocycles. The van der Waals surface area contributed by atoms with Gasteiger partial charge >= 0.3 is 0 Å². The predicted octanol–water partition coefficient (Wildman–Crippen LogP) is 2.36. The molecule has 0 unspecified atom stereocenters. The maximum atomic E-state index is 10.1. The van der Waals surface area contributed by atoms with Crippen LogP contribution in [0.4, 0.5) is 5.69 Å². The van der Waals surface area contributed by atoms with Crippen molar-refractivity contribution in [3.8, 4) is 17.2 Å². The standard InChI is InChI=1S/C16H18N2O4/c1-10-16(20)13(11(9-19)7-17-10)8-18-12-4-5-14(21-2)15(6-12)22-3/h4-8,19-20H,9H2,1-3H3. The van der Waals surface area contributed by atoms with Crippen LogP contribution in [-0.4, -0.2) is 35.6 Å². The number of aromatic hydroxyl groups is 1. The number of hydrogen-bond acceptors (Lipinski definition) is 6. The van der Waals surface area contributed by atoms with Crippen molar-refractivity contribution in [1.82, 2.24) is 4.98 Å². The maximum absolute atomic E-state index is 10.1. The highest BCUT2D eigenvalue weighted by Crippen LogP contribution is 2.31. The van der Waals surface area contributed by atoms with Crippen LogP contribution in [0.25, 0.3) is 0 Å². The van der Waals surface area contributed by atoms with E-state index in [4.69, 9.17) is 9.47 Å². The number of aliphatic hydroxyl groups is 1. The number of pyridine rings is 1. The molecule has 116 valence electrons. The number of hydrogen-bond donors (Lipinski definition) is 2. The molecule has 0 fully saturated rings. The molecule has 0 aliphatic heterocycles. The van der Waals surface area contributed by atoms with Crippen molar-refractivity contribution >= 4 is 11.9 Å². The van der Waals surface area contributed by atoms with E-state index < -0.39 is 0 Å². The second-order valence-electron chi connectivity index (χ2n) is 4.59. The van der Waals surface area contributed by atoms with E-state index in [9.17, 15) is 10.2 Å². The van der Waals surface area contributed by atoms with E-state index in [0.717, 1.165) is 0 Å². The Morgan fingerprint density at radius 2 is 1.95 bits per heavy atom. The maximum Gasteiger partial charge on any atom is 0.162 e. The van der Waals surface area contributed by atoms with Crippen LogP contribution in [0.15, 0.2) is 29.4 Å². The first-order valence-electron chi connectivity index (χ1n) is 6.65. The first kappa shape index (κ1) is 15.8. The highest BCUT2D eigenvalue weighted by atomic mass is 16.5. The molecule has 2 aromatic rings. The summed E-state index contributed by atoms with van der Waals surface area (Å²) in [5.41, 5.74) is 2.07. The Morgan fingerprint density at radius 3 is 2.59 bits per heavy atom. The second kappa shape index (κ2) is 6.91. The Balaban J connectivity index is 2.39. The van der Waals surface area contributed by atoms with Crippen LogP contribution in [0.2, 0.25) is 0 Å². The van der Waals surface area contributed by atoms with Gasteiger partial charge in [-0.1, -0.05) is 0 Å². The quantitative estimate of drug-likeness (QED) is 0.828. The first-order valence-corrected chi connectivity index (χ1v) is 6.65. The van der Waals surface area contributed by atoms with E-state index in [2.05, 4.69) is 9.98 Å². The first-order chi connectivity index (χ1) is 10.6. The van der Waals surface area contributed by atoms with Gasteiger partial charge in [-0.3, -0.25) is 9.98 Å². The molecule has 0 radical (unpaired) electrons. The van der Waals surface area contributed by atoms with Gasteiger partial charge in [-0.2, -0.15) is 0 Å². The van der Waals surface area contributed by atoms with E-state index in [1.807, 2.05) is 0 Å². The normalized spacial score (nSPS) is 10.9. The Morgan fingerprint density at radius 1 is 1.23 bits per heavy atom. The third-order valence-corrected chi connectivity index (χ3v) is 3.24. The fourth-order valence-corrected chi connectivity index (χ4v) is 1.97. The number of aliphatic hydroxyl groups excluding tert-OH is 1. The molecule has 6 heteroatoms. The van der Waals surface area contributed by atoms with E-state index >= 15 is 0 Å². The van der Waals surface area contributed by atoms with E-state index in [1.165, 1.54) is 12.4 Å². The molecule has 0 spiro atoms. The fraction of sp³-hybridized carbons (Fsp3) is 0.250. The summed E-state index contributed by atoms with van der Waals surface area (Å²) < 4.78 is 10.4. The molecule has 0 aliphatic carbocycles. The third kappa shape index (κ3) is 3.17. The van der Waals surface area contributed by atoms with Gasteiger partial charge in [-0.25, -0.2) is 0 Å². The van der Waals surface area contributed by atoms with Crippen molar-refractivity contribution in [2.24, 2.45) is 4.99 Å². The summed E-state index contributed by atoms with van der Waals surface area (Å²) in [4.78, 5) is 8.32. The number of aliphatic imine (C=N–C) groups is 1. The van der Waals surface area contributed by atoms with Crippen LogP contribution in [0, 0.1) is 6.92 Å². The molecule has 0 bridgehead atoms. The number of benzene rings is 1. The van der Waals surface area contributed by atoms with Gasteiger partial charge in [0.25, 0.3) is 0 Å². The van der Waals surface area contributed by atoms with Gasteiger partial charge in [-0.15, -0.1) is 0 Å². The molecule has 2 rings (SSSR count). The summed E-state index contributed by atoms with van der Waals surface area (Å²) in [5.74, 6) is 1.19. The summed E-state index contributed by atoms with van der Waals surface area (Å²) in [6.07, 6.45) is 3.02. The Labute approximate surface area is 128 Å². The minimum Gasteiger partial charge on any atom is -0.505 e. The molecular weight excluding hydrogens is 284 g/mol. The molecule has 0 amide bonds. The number of aryl methyl sites for hydroxylation is 1. The van der Waals surface area contributed by atoms with E-state index in [1.54, 1.807) is 39.3 Å². The van der Waals surface area contributed by atoms with Gasteiger partial charge < -0.3 is 19.7 Å². The molecule has 0 saturated heterocycles. The molecule has 2 N–H and O–H groups in total. The van der Waals surface area contributed by atoms with Gasteiger partial charge in [0.05, 0.1) is 32.2 Å². The van der Waals surface area contributed by atoms with E-state index in [0.29, 0.717) is 34.0 Å². The largest absolute Gasteiger partial charge is 0.505 e. The summed E-state index contributed by atoms with van der Waals surface area (Å²) in [6.45, 7) is 1.46. The topological polar surface area (TPSA) is 84.2 Å². The highest BCUT2D eigenvalue weighted by molar-refractivity contribution is 5.87. The van der Waals surface area contributed by atoms with Crippen molar-refractivity contribution in [2.45, 2.75) is 13.5 Å². The number of nitrogens with zero attached hydrogens (tertiary/aromatic N) is 2. The minimum atomic E-state index is -0.228. The zero-order valence-electron chi connectivity index (χ0n) is 12.7. The zero-order valence-corrected chi connectivity index (χ0v) is 12.7. The third-order valence-electron chi connectivity index (χ3n) is 3.24. The second-order valence-corrected chi connectivity index (χ2v) is 4.59. The number of methoxy groups -OCH3 is 2. The van der Waals surface area contributed by atoms with Crippen molar-refractivity contribution < 1.29 is 19.7 Å². The number of ether oxygens (including phenoxy) is 2. The molecular formula is C16H18N2O4. The van der Waals surface area contributed by atoms with E-state index in [-0.39, 0.29) is 12.4 Å². The van der Waals surface area contributed by atoms with Gasteiger partial charge in [0, 0.05) is 29.6 Å². The number of aromatic nitrogens is 1. The highest BCUT2D eigenvalue weighted by Gasteiger charge is 2.09. The lowest BCUT2D eigenvalue weighted by Gasteiger charge is -2.08. The van der Waals surface area contributed by atoms with Crippen molar-refractivity contribution in [2.75, 3.05) is 14.2 Å². The van der Waals surface area contributed by atoms with Crippen LogP contribution in [0.1, 0.15) is 16.8 Å². The molecule has 0 atom stereocenters. The molecule has 1 aromatic heterocycles. The van der Waals surface area contributed by atoms with Crippen molar-refractivity contribution in [3.63, 3.8) is 0 Å². The summed E-state index contributed by atoms with van der Waals surface area (Å²) in [5, 5.41) is 19.4. The van der Waals surface area contributed by atoms with Crippen LogP contribution >= 0.6 is 0 Å². The summed E-state index contributed by atoms with van der Waals surface area (Å²) in [7, 11) is 3.11. The Hall–Kier alpha value is -2.60. The molecule has 0 saturated carbocycles. The Bertz CT molecular complexity index is 699. The minimum absolute atomic E-state index is 0.00998. The van der Waals surface area contributed by atoms with Crippen LogP contribution in [0.3, 0.4) is 0 Å². The number of rotatable bonds is 5. The molecule has 6 nitrogen and oxygen atoms in total. The van der Waals surface area contributed by atoms with Crippen molar-refractivity contribution in [1.29, 1.82) is 0 Å². The lowest BCUT2D eigenvalue weighted by Crippen LogP contribution is -1.97. The smallest absolute Gasteiger partial charge is 0.162 e. The monoisotopic (exact) mass is 302 g/mol. The van der Waals surface area contributed by atoms with Crippen LogP contribution in [-0.2, 0) is 6.61 Å². The average molecular weight is 302 g/mol. The van der Waals surface area contributed by atoms with Crippen LogP contribution in [0.5, 0.6) is 17.2 Å². The average Bonchev–Trinajstić information content (AvgIpc) is 2.55. The zero-order chi connectivity index (χ0) is 16.1. The summed E-state index contributed by atoms with van der Waals surface area (Å²) >= 11 is 0. The van der Waals surface area contributed by atoms with Gasteiger partial charge in [0.1, 0.15) is 5.75 Å². The SMILES string of the molecule is COc1ccc(N=Cc2c(CO)cnc(C)c2O)cc1OC. The van der Waals surface area contributed by atoms with Crippen molar-refractivity contribution in [3.05, 3.63) is 41.2 Å². The fourth-order valence-electron chi connectivity index (χ4n) is 1.97. The Kier molecular flexibility index (Phi) is 4.95.